The van der Waals surface area contributed by atoms with Crippen molar-refractivity contribution in [2.45, 2.75) is 19.6 Å². The van der Waals surface area contributed by atoms with E-state index in [0.717, 1.165) is 0 Å². The normalized spacial score (nSPS) is 13.8. The van der Waals surface area contributed by atoms with Crippen LogP contribution in [0.25, 0.3) is 11.2 Å². The van der Waals surface area contributed by atoms with Crippen molar-refractivity contribution in [3.05, 3.63) is 12.7 Å². The number of ether oxygens (including phenoxy) is 1. The Morgan fingerprint density at radius 3 is 2.83 bits per heavy atom. The second-order valence-corrected chi connectivity index (χ2v) is 6.83. The summed E-state index contributed by atoms with van der Waals surface area (Å²) in [5.41, 5.74) is 1.13. The minimum atomic E-state index is -4.18. The van der Waals surface area contributed by atoms with Crippen LogP contribution in [0.4, 0.5) is 5.82 Å². The first-order chi connectivity index (χ1) is 10.8. The van der Waals surface area contributed by atoms with Crippen LogP contribution < -0.4 is 0 Å². The van der Waals surface area contributed by atoms with E-state index in [0.29, 0.717) is 23.5 Å². The van der Waals surface area contributed by atoms with Crippen molar-refractivity contribution in [3.8, 4) is 0 Å². The monoisotopic (exact) mass is 342 g/mol. The van der Waals surface area contributed by atoms with E-state index < -0.39 is 20.0 Å². The van der Waals surface area contributed by atoms with Gasteiger partial charge in [-0.3, -0.25) is 4.57 Å². The fraction of sp³-hybridized carbons (Fsp3) is 0.500. The second kappa shape index (κ2) is 7.14. The Kier molecular flexibility index (Phi) is 5.42. The number of fused-ring (bicyclic) bond motifs is 1. The Balaban J connectivity index is 2.16. The molecule has 2 N–H and O–H groups in total. The lowest BCUT2D eigenvalue weighted by molar-refractivity contribution is 0.0764. The molecular weight excluding hydrogens is 323 g/mol. The molecule has 0 unspecified atom stereocenters. The molecule has 11 heteroatoms. The Hall–Kier alpha value is -1.87. The molecule has 2 heterocycles. The van der Waals surface area contributed by atoms with E-state index in [1.54, 1.807) is 29.1 Å². The average Bonchev–Trinajstić information content (AvgIpc) is 2.86. The van der Waals surface area contributed by atoms with Gasteiger partial charge in [-0.25, -0.2) is 19.9 Å². The van der Waals surface area contributed by atoms with E-state index in [-0.39, 0.29) is 0 Å². The largest absolute Gasteiger partial charge is 0.369 e. The fourth-order valence-electron chi connectivity index (χ4n) is 1.82. The molecule has 2 aromatic heterocycles. The van der Waals surface area contributed by atoms with Gasteiger partial charge in [0.2, 0.25) is 0 Å². The number of hydrogen-bond acceptors (Lipinski definition) is 6. The number of nitrogens with zero attached hydrogens (tertiary/aromatic N) is 6. The van der Waals surface area contributed by atoms with Gasteiger partial charge >= 0.3 is 7.60 Å². The molecule has 0 aliphatic rings. The minimum absolute atomic E-state index is 0.352. The lowest BCUT2D eigenvalue weighted by atomic mass is 10.4. The van der Waals surface area contributed by atoms with Gasteiger partial charge in [0.15, 0.2) is 17.0 Å². The number of imidazole rings is 1. The van der Waals surface area contributed by atoms with Gasteiger partial charge in [0.05, 0.1) is 25.3 Å². The standard InChI is InChI=1S/C12H19N6O4P/c1-9(22-8-23(19,20)21)4-18-7-15-10-11(16-6-17(2)3)13-5-14-12(10)18/h5-7,9H,4,8H2,1-3H3,(H2,19,20,21)/t9-/m1/s1. The minimum Gasteiger partial charge on any atom is -0.369 e. The van der Waals surface area contributed by atoms with Gasteiger partial charge in [0.25, 0.3) is 0 Å². The van der Waals surface area contributed by atoms with Crippen molar-refractivity contribution in [1.29, 1.82) is 0 Å². The highest BCUT2D eigenvalue weighted by molar-refractivity contribution is 7.51. The maximum atomic E-state index is 10.8. The Labute approximate surface area is 133 Å². The Bertz CT molecular complexity index is 740. The van der Waals surface area contributed by atoms with Crippen molar-refractivity contribution >= 4 is 30.9 Å². The predicted molar refractivity (Wildman–Crippen MR) is 84.6 cm³/mol. The SMILES string of the molecule is C[C@H](Cn1cnc2c(N=CN(C)C)ncnc21)OCP(=O)(O)O. The molecule has 23 heavy (non-hydrogen) atoms. The molecule has 0 aliphatic carbocycles. The highest BCUT2D eigenvalue weighted by atomic mass is 31.2. The zero-order valence-corrected chi connectivity index (χ0v) is 14.0. The predicted octanol–water partition coefficient (Wildman–Crippen LogP) is 0.588. The molecule has 2 aromatic rings. The van der Waals surface area contributed by atoms with Gasteiger partial charge in [-0.15, -0.1) is 0 Å². The summed E-state index contributed by atoms with van der Waals surface area (Å²) in [7, 11) is -0.485. The Morgan fingerprint density at radius 2 is 2.17 bits per heavy atom. The van der Waals surface area contributed by atoms with Crippen LogP contribution in [0.3, 0.4) is 0 Å². The quantitative estimate of drug-likeness (QED) is 0.425. The van der Waals surface area contributed by atoms with E-state index in [1.807, 2.05) is 14.1 Å². The number of hydrogen-bond donors (Lipinski definition) is 2. The molecule has 0 bridgehead atoms. The topological polar surface area (TPSA) is 126 Å². The molecule has 126 valence electrons. The smallest absolute Gasteiger partial charge is 0.350 e. The van der Waals surface area contributed by atoms with Crippen molar-refractivity contribution in [3.63, 3.8) is 0 Å². The summed E-state index contributed by atoms with van der Waals surface area (Å²) in [6.45, 7) is 2.07. The summed E-state index contributed by atoms with van der Waals surface area (Å²) >= 11 is 0. The van der Waals surface area contributed by atoms with Crippen LogP contribution in [0.2, 0.25) is 0 Å². The van der Waals surface area contributed by atoms with Crippen molar-refractivity contribution in [2.75, 3.05) is 20.4 Å². The van der Waals surface area contributed by atoms with E-state index in [9.17, 15) is 4.57 Å². The summed E-state index contributed by atoms with van der Waals surface area (Å²) in [5, 5.41) is 0. The summed E-state index contributed by atoms with van der Waals surface area (Å²) in [6.07, 6.45) is 3.56. The summed E-state index contributed by atoms with van der Waals surface area (Å²) in [5.74, 6) is 0.450. The van der Waals surface area contributed by atoms with Crippen LogP contribution >= 0.6 is 7.60 Å². The maximum absolute atomic E-state index is 10.8. The lowest BCUT2D eigenvalue weighted by Gasteiger charge is -2.14. The Morgan fingerprint density at radius 1 is 1.43 bits per heavy atom. The number of rotatable bonds is 7. The van der Waals surface area contributed by atoms with Gasteiger partial charge in [0.1, 0.15) is 12.7 Å². The molecule has 0 fully saturated rings. The highest BCUT2D eigenvalue weighted by Crippen LogP contribution is 2.34. The van der Waals surface area contributed by atoms with Gasteiger partial charge in [0, 0.05) is 14.1 Å². The van der Waals surface area contributed by atoms with Gasteiger partial charge in [-0.2, -0.15) is 0 Å². The van der Waals surface area contributed by atoms with Gasteiger partial charge in [-0.1, -0.05) is 0 Å². The van der Waals surface area contributed by atoms with Gasteiger partial charge in [-0.05, 0) is 6.92 Å². The molecule has 0 saturated heterocycles. The zero-order valence-electron chi connectivity index (χ0n) is 13.1. The summed E-state index contributed by atoms with van der Waals surface area (Å²) in [4.78, 5) is 36.2. The van der Waals surface area contributed by atoms with E-state index in [4.69, 9.17) is 14.5 Å². The number of aliphatic imine (C=N–C) groups is 1. The van der Waals surface area contributed by atoms with Gasteiger partial charge < -0.3 is 24.0 Å². The van der Waals surface area contributed by atoms with E-state index in [1.165, 1.54) is 6.33 Å². The molecule has 0 amide bonds. The third-order valence-electron chi connectivity index (χ3n) is 2.77. The lowest BCUT2D eigenvalue weighted by Crippen LogP contribution is -2.17. The summed E-state index contributed by atoms with van der Waals surface area (Å²) < 4.78 is 17.7. The van der Waals surface area contributed by atoms with Crippen LogP contribution in [0.1, 0.15) is 6.92 Å². The molecule has 2 rings (SSSR count). The molecular formula is C12H19N6O4P. The van der Waals surface area contributed by atoms with E-state index in [2.05, 4.69) is 19.9 Å². The van der Waals surface area contributed by atoms with Crippen molar-refractivity contribution in [2.24, 2.45) is 4.99 Å². The van der Waals surface area contributed by atoms with Crippen LogP contribution in [-0.4, -0.2) is 67.1 Å². The molecule has 0 radical (unpaired) electrons. The highest BCUT2D eigenvalue weighted by Gasteiger charge is 2.17. The second-order valence-electron chi connectivity index (χ2n) is 5.25. The number of aromatic nitrogens is 4. The fourth-order valence-corrected chi connectivity index (χ4v) is 2.27. The van der Waals surface area contributed by atoms with Crippen molar-refractivity contribution < 1.29 is 19.1 Å². The van der Waals surface area contributed by atoms with Crippen LogP contribution in [-0.2, 0) is 15.8 Å². The average molecular weight is 342 g/mol. The van der Waals surface area contributed by atoms with Crippen LogP contribution in [0, 0.1) is 0 Å². The third-order valence-corrected chi connectivity index (χ3v) is 3.26. The first-order valence-corrected chi connectivity index (χ1v) is 8.58. The molecule has 0 aromatic carbocycles. The molecule has 1 atom stereocenters. The van der Waals surface area contributed by atoms with Crippen LogP contribution in [0.15, 0.2) is 17.6 Å². The van der Waals surface area contributed by atoms with E-state index >= 15 is 0 Å². The molecule has 0 aliphatic heterocycles. The molecule has 0 saturated carbocycles. The maximum Gasteiger partial charge on any atom is 0.350 e. The third kappa shape index (κ3) is 5.07. The molecule has 10 nitrogen and oxygen atoms in total. The van der Waals surface area contributed by atoms with Crippen molar-refractivity contribution in [1.82, 2.24) is 24.4 Å². The summed E-state index contributed by atoms with van der Waals surface area (Å²) in [6, 6.07) is 0. The van der Waals surface area contributed by atoms with Crippen LogP contribution in [0.5, 0.6) is 0 Å². The molecule has 0 spiro atoms. The zero-order chi connectivity index (χ0) is 17.0. The first kappa shape index (κ1) is 17.5. The first-order valence-electron chi connectivity index (χ1n) is 6.79.